The van der Waals surface area contributed by atoms with E-state index in [-0.39, 0.29) is 6.03 Å². The number of likely N-dealkylation sites (N-methyl/N-ethyl adjacent to an activating group) is 1. The number of carbonyl (C=O) groups is 1. The normalized spacial score (nSPS) is 10.1. The average molecular weight is 261 g/mol. The molecule has 1 rings (SSSR count). The number of hydrogen-bond acceptors (Lipinski definition) is 2. The quantitative estimate of drug-likeness (QED) is 0.773. The van der Waals surface area contributed by atoms with Crippen molar-refractivity contribution < 1.29 is 4.79 Å². The first kappa shape index (κ1) is 15.1. The number of rotatable bonds is 6. The van der Waals surface area contributed by atoms with Crippen molar-refractivity contribution in [3.8, 4) is 0 Å². The number of carbonyl (C=O) groups excluding carboxylic acids is 1. The van der Waals surface area contributed by atoms with Gasteiger partial charge in [0.2, 0.25) is 0 Å². The van der Waals surface area contributed by atoms with Crippen LogP contribution in [0.4, 0.5) is 10.5 Å². The smallest absolute Gasteiger partial charge is 0.317 e. The predicted molar refractivity (Wildman–Crippen MR) is 80.3 cm³/mol. The van der Waals surface area contributed by atoms with Crippen molar-refractivity contribution >= 4 is 11.7 Å². The van der Waals surface area contributed by atoms with Crippen molar-refractivity contribution in [1.29, 1.82) is 0 Å². The van der Waals surface area contributed by atoms with Crippen LogP contribution in [0, 0.1) is 0 Å². The second kappa shape index (κ2) is 7.46. The van der Waals surface area contributed by atoms with Crippen LogP contribution in [0.2, 0.25) is 0 Å². The summed E-state index contributed by atoms with van der Waals surface area (Å²) in [5, 5.41) is 6.21. The third kappa shape index (κ3) is 5.46. The molecule has 0 heterocycles. The van der Waals surface area contributed by atoms with Crippen molar-refractivity contribution in [2.75, 3.05) is 18.9 Å². The predicted octanol–water partition coefficient (Wildman–Crippen LogP) is 2.83. The van der Waals surface area contributed by atoms with E-state index in [1.165, 1.54) is 0 Å². The van der Waals surface area contributed by atoms with Crippen LogP contribution in [0.15, 0.2) is 36.9 Å². The van der Waals surface area contributed by atoms with Crippen molar-refractivity contribution in [3.63, 3.8) is 0 Å². The summed E-state index contributed by atoms with van der Waals surface area (Å²) in [7, 11) is 1.74. The minimum Gasteiger partial charge on any atom is -0.383 e. The highest BCUT2D eigenvalue weighted by atomic mass is 16.2. The highest BCUT2D eigenvalue weighted by Gasteiger charge is 2.06. The third-order valence-electron chi connectivity index (χ3n) is 2.58. The molecule has 0 atom stereocenters. The second-order valence-corrected chi connectivity index (χ2v) is 4.83. The van der Waals surface area contributed by atoms with Gasteiger partial charge in [0.05, 0.1) is 0 Å². The van der Waals surface area contributed by atoms with Gasteiger partial charge in [-0.3, -0.25) is 0 Å². The summed E-state index contributed by atoms with van der Waals surface area (Å²) >= 11 is 0. The molecule has 0 aliphatic rings. The van der Waals surface area contributed by atoms with Crippen LogP contribution in [0.5, 0.6) is 0 Å². The zero-order chi connectivity index (χ0) is 14.3. The molecule has 0 aliphatic carbocycles. The Hall–Kier alpha value is -1.97. The van der Waals surface area contributed by atoms with E-state index in [1.54, 1.807) is 18.0 Å². The second-order valence-electron chi connectivity index (χ2n) is 4.83. The Morgan fingerprint density at radius 3 is 2.84 bits per heavy atom. The molecule has 0 fully saturated rings. The first-order valence-electron chi connectivity index (χ1n) is 6.48. The molecule has 4 heteroatoms. The number of nitrogens with zero attached hydrogens (tertiary/aromatic N) is 1. The Labute approximate surface area is 115 Å². The van der Waals surface area contributed by atoms with E-state index in [0.717, 1.165) is 11.3 Å². The van der Waals surface area contributed by atoms with Gasteiger partial charge in [-0.1, -0.05) is 18.2 Å². The molecule has 0 aliphatic heterocycles. The van der Waals surface area contributed by atoms with Gasteiger partial charge in [0, 0.05) is 31.9 Å². The largest absolute Gasteiger partial charge is 0.383 e. The van der Waals surface area contributed by atoms with Crippen molar-refractivity contribution in [3.05, 3.63) is 42.5 Å². The van der Waals surface area contributed by atoms with Gasteiger partial charge in [0.1, 0.15) is 0 Å². The number of hydrogen-bond donors (Lipinski definition) is 2. The fourth-order valence-electron chi connectivity index (χ4n) is 1.69. The first-order valence-corrected chi connectivity index (χ1v) is 6.48. The van der Waals surface area contributed by atoms with Crippen LogP contribution in [0.1, 0.15) is 19.4 Å². The van der Waals surface area contributed by atoms with Crippen LogP contribution < -0.4 is 10.6 Å². The molecule has 104 valence electrons. The van der Waals surface area contributed by atoms with Gasteiger partial charge < -0.3 is 15.5 Å². The van der Waals surface area contributed by atoms with Gasteiger partial charge >= 0.3 is 6.03 Å². The molecule has 4 nitrogen and oxygen atoms in total. The summed E-state index contributed by atoms with van der Waals surface area (Å²) in [4.78, 5) is 13.3. The standard InChI is InChI=1S/C15H23N3O/c1-5-9-18(4)15(19)16-11-13-7-6-8-14(10-13)17-12(2)3/h5-8,10,12,17H,1,9,11H2,2-4H3,(H,16,19). The van der Waals surface area contributed by atoms with Gasteiger partial charge in [-0.05, 0) is 31.5 Å². The van der Waals surface area contributed by atoms with E-state index in [2.05, 4.69) is 31.1 Å². The van der Waals surface area contributed by atoms with E-state index >= 15 is 0 Å². The summed E-state index contributed by atoms with van der Waals surface area (Å²) in [5.74, 6) is 0. The minimum atomic E-state index is -0.0953. The summed E-state index contributed by atoms with van der Waals surface area (Å²) in [6.07, 6.45) is 1.70. The summed E-state index contributed by atoms with van der Waals surface area (Å²) in [6.45, 7) is 8.87. The number of urea groups is 1. The van der Waals surface area contributed by atoms with Crippen LogP contribution in [0.3, 0.4) is 0 Å². The maximum Gasteiger partial charge on any atom is 0.317 e. The van der Waals surface area contributed by atoms with Gasteiger partial charge in [-0.15, -0.1) is 6.58 Å². The molecule has 0 spiro atoms. The van der Waals surface area contributed by atoms with Gasteiger partial charge in [-0.2, -0.15) is 0 Å². The maximum atomic E-state index is 11.7. The van der Waals surface area contributed by atoms with E-state index in [4.69, 9.17) is 0 Å². The summed E-state index contributed by atoms with van der Waals surface area (Å²) in [5.41, 5.74) is 2.15. The van der Waals surface area contributed by atoms with Gasteiger partial charge in [0.15, 0.2) is 0 Å². The molecule has 0 radical (unpaired) electrons. The zero-order valence-electron chi connectivity index (χ0n) is 11.9. The van der Waals surface area contributed by atoms with Crippen molar-refractivity contribution in [2.24, 2.45) is 0 Å². The van der Waals surface area contributed by atoms with Gasteiger partial charge in [0.25, 0.3) is 0 Å². The van der Waals surface area contributed by atoms with E-state index in [1.807, 2.05) is 24.3 Å². The van der Waals surface area contributed by atoms with Gasteiger partial charge in [-0.25, -0.2) is 4.79 Å². The highest BCUT2D eigenvalue weighted by Crippen LogP contribution is 2.11. The molecule has 0 aromatic heterocycles. The van der Waals surface area contributed by atoms with Crippen LogP contribution in [-0.4, -0.2) is 30.6 Å². The third-order valence-corrected chi connectivity index (χ3v) is 2.58. The first-order chi connectivity index (χ1) is 9.02. The number of anilines is 1. The SMILES string of the molecule is C=CCN(C)C(=O)NCc1cccc(NC(C)C)c1. The molecule has 0 saturated heterocycles. The molecule has 19 heavy (non-hydrogen) atoms. The Morgan fingerprint density at radius 2 is 2.21 bits per heavy atom. The van der Waals surface area contributed by atoms with E-state index in [0.29, 0.717) is 19.1 Å². The average Bonchev–Trinajstić information content (AvgIpc) is 2.36. The lowest BCUT2D eigenvalue weighted by molar-refractivity contribution is 0.212. The number of nitrogens with one attached hydrogen (secondary N) is 2. The zero-order valence-corrected chi connectivity index (χ0v) is 11.9. The molecule has 2 N–H and O–H groups in total. The minimum absolute atomic E-state index is 0.0953. The molecular formula is C15H23N3O. The summed E-state index contributed by atoms with van der Waals surface area (Å²) < 4.78 is 0. The maximum absolute atomic E-state index is 11.7. The fraction of sp³-hybridized carbons (Fsp3) is 0.400. The molecule has 2 amide bonds. The topological polar surface area (TPSA) is 44.4 Å². The highest BCUT2D eigenvalue weighted by molar-refractivity contribution is 5.74. The number of amides is 2. The molecule has 1 aromatic carbocycles. The van der Waals surface area contributed by atoms with Crippen LogP contribution in [-0.2, 0) is 6.54 Å². The Kier molecular flexibility index (Phi) is 5.93. The Bertz CT molecular complexity index is 429. The molecule has 0 saturated carbocycles. The lowest BCUT2D eigenvalue weighted by Gasteiger charge is -2.16. The van der Waals surface area contributed by atoms with Crippen molar-refractivity contribution in [1.82, 2.24) is 10.2 Å². The molecule has 0 bridgehead atoms. The molecule has 0 unspecified atom stereocenters. The Balaban J connectivity index is 2.53. The summed E-state index contributed by atoms with van der Waals surface area (Å²) in [6, 6.07) is 8.35. The lowest BCUT2D eigenvalue weighted by atomic mass is 10.2. The van der Waals surface area contributed by atoms with E-state index < -0.39 is 0 Å². The monoisotopic (exact) mass is 261 g/mol. The molecular weight excluding hydrogens is 238 g/mol. The van der Waals surface area contributed by atoms with Crippen LogP contribution in [0.25, 0.3) is 0 Å². The lowest BCUT2D eigenvalue weighted by Crippen LogP contribution is -2.36. The van der Waals surface area contributed by atoms with Crippen molar-refractivity contribution in [2.45, 2.75) is 26.4 Å². The fourth-order valence-corrected chi connectivity index (χ4v) is 1.69. The van der Waals surface area contributed by atoms with Crippen LogP contribution >= 0.6 is 0 Å². The number of benzene rings is 1. The molecule has 1 aromatic rings. The van der Waals surface area contributed by atoms with E-state index in [9.17, 15) is 4.79 Å². The Morgan fingerprint density at radius 1 is 1.47 bits per heavy atom.